The smallest absolute Gasteiger partial charge is 0.194 e. The van der Waals surface area contributed by atoms with Crippen molar-refractivity contribution in [1.29, 1.82) is 0 Å². The van der Waals surface area contributed by atoms with Crippen LogP contribution in [0.25, 0.3) is 0 Å². The molecule has 0 spiro atoms. The molecule has 0 bridgehead atoms. The van der Waals surface area contributed by atoms with Gasteiger partial charge in [-0.3, -0.25) is 4.90 Å². The zero-order valence-corrected chi connectivity index (χ0v) is 11.9. The van der Waals surface area contributed by atoms with Gasteiger partial charge >= 0.3 is 0 Å². The van der Waals surface area contributed by atoms with Crippen LogP contribution in [0, 0.1) is 17.5 Å². The number of benzene rings is 1. The summed E-state index contributed by atoms with van der Waals surface area (Å²) in [7, 11) is 0. The quantitative estimate of drug-likeness (QED) is 0.679. The maximum Gasteiger partial charge on any atom is 0.194 e. The van der Waals surface area contributed by atoms with E-state index in [1.165, 1.54) is 6.07 Å². The van der Waals surface area contributed by atoms with Crippen LogP contribution in [0.2, 0.25) is 0 Å². The Kier molecular flexibility index (Phi) is 6.52. The predicted molar refractivity (Wildman–Crippen MR) is 75.6 cm³/mol. The average Bonchev–Trinajstić information content (AvgIpc) is 2.44. The second kappa shape index (κ2) is 7.67. The van der Waals surface area contributed by atoms with Gasteiger partial charge in [0, 0.05) is 37.8 Å². The van der Waals surface area contributed by atoms with E-state index in [0.717, 1.165) is 32.2 Å². The van der Waals surface area contributed by atoms with Crippen molar-refractivity contribution >= 4 is 12.4 Å². The maximum absolute atomic E-state index is 13.9. The van der Waals surface area contributed by atoms with Crippen molar-refractivity contribution < 1.29 is 13.2 Å². The van der Waals surface area contributed by atoms with Gasteiger partial charge in [0.1, 0.15) is 0 Å². The Morgan fingerprint density at radius 1 is 1.20 bits per heavy atom. The van der Waals surface area contributed by atoms with E-state index in [0.29, 0.717) is 6.42 Å². The van der Waals surface area contributed by atoms with Crippen LogP contribution < -0.4 is 5.32 Å². The monoisotopic (exact) mass is 306 g/mol. The van der Waals surface area contributed by atoms with Crippen LogP contribution in [0.4, 0.5) is 13.2 Å². The molecule has 1 aliphatic rings. The first kappa shape index (κ1) is 17.0. The maximum atomic E-state index is 13.9. The van der Waals surface area contributed by atoms with E-state index in [1.54, 1.807) is 6.08 Å². The van der Waals surface area contributed by atoms with Crippen molar-refractivity contribution in [3.63, 3.8) is 0 Å². The van der Waals surface area contributed by atoms with E-state index in [9.17, 15) is 13.2 Å². The Hall–Kier alpha value is -1.04. The topological polar surface area (TPSA) is 15.3 Å². The summed E-state index contributed by atoms with van der Waals surface area (Å²) in [6.45, 7) is 6.76. The molecule has 1 fully saturated rings. The molecule has 1 atom stereocenters. The third-order valence-electron chi connectivity index (χ3n) is 3.41. The molecule has 20 heavy (non-hydrogen) atoms. The van der Waals surface area contributed by atoms with Crippen molar-refractivity contribution in [3.05, 3.63) is 47.8 Å². The first-order valence-electron chi connectivity index (χ1n) is 6.34. The fraction of sp³-hybridized carbons (Fsp3) is 0.429. The van der Waals surface area contributed by atoms with Crippen LogP contribution in [0.15, 0.2) is 24.8 Å². The minimum absolute atomic E-state index is 0. The van der Waals surface area contributed by atoms with Gasteiger partial charge in [0.05, 0.1) is 0 Å². The molecule has 0 aliphatic carbocycles. The van der Waals surface area contributed by atoms with Gasteiger partial charge in [-0.1, -0.05) is 12.1 Å². The van der Waals surface area contributed by atoms with Crippen molar-refractivity contribution in [2.75, 3.05) is 26.2 Å². The summed E-state index contributed by atoms with van der Waals surface area (Å²) in [5, 5.41) is 3.20. The Labute approximate surface area is 123 Å². The normalized spacial score (nSPS) is 17.4. The molecular weight excluding hydrogens is 289 g/mol. The summed E-state index contributed by atoms with van der Waals surface area (Å²) in [6, 6.07) is 2.00. The molecule has 1 heterocycles. The molecule has 0 unspecified atom stereocenters. The highest BCUT2D eigenvalue weighted by atomic mass is 35.5. The molecule has 0 amide bonds. The van der Waals surface area contributed by atoms with Crippen LogP contribution >= 0.6 is 12.4 Å². The summed E-state index contributed by atoms with van der Waals surface area (Å²) >= 11 is 0. The molecular formula is C14H18ClF3N2. The van der Waals surface area contributed by atoms with E-state index in [-0.39, 0.29) is 24.0 Å². The third kappa shape index (κ3) is 3.53. The highest BCUT2D eigenvalue weighted by molar-refractivity contribution is 5.85. The van der Waals surface area contributed by atoms with E-state index >= 15 is 0 Å². The van der Waals surface area contributed by atoms with Crippen LogP contribution in [0.1, 0.15) is 18.0 Å². The standard InChI is InChI=1S/C14H17F3N2.ClH/c1-2-3-12(19-8-6-18-7-9-19)10-4-5-11(15)14(17)13(10)16;/h2,4-5,12,18H,1,3,6-9H2;1H/t12-;/m0./s1. The Morgan fingerprint density at radius 3 is 2.45 bits per heavy atom. The van der Waals surface area contributed by atoms with Crippen molar-refractivity contribution in [3.8, 4) is 0 Å². The minimum atomic E-state index is -1.40. The second-order valence-electron chi connectivity index (χ2n) is 4.59. The molecule has 112 valence electrons. The van der Waals surface area contributed by atoms with Crippen molar-refractivity contribution in [1.82, 2.24) is 10.2 Å². The molecule has 1 aliphatic heterocycles. The first-order chi connectivity index (χ1) is 9.15. The number of hydrogen-bond donors (Lipinski definition) is 1. The fourth-order valence-electron chi connectivity index (χ4n) is 2.42. The summed E-state index contributed by atoms with van der Waals surface area (Å²) in [5.74, 6) is -3.65. The number of nitrogens with one attached hydrogen (secondary N) is 1. The zero-order chi connectivity index (χ0) is 13.8. The largest absolute Gasteiger partial charge is 0.314 e. The zero-order valence-electron chi connectivity index (χ0n) is 11.0. The average molecular weight is 307 g/mol. The number of hydrogen-bond acceptors (Lipinski definition) is 2. The molecule has 1 aromatic carbocycles. The Bertz CT molecular complexity index is 462. The van der Waals surface area contributed by atoms with Gasteiger partial charge in [0.15, 0.2) is 17.5 Å². The summed E-state index contributed by atoms with van der Waals surface area (Å²) in [4.78, 5) is 2.06. The molecule has 1 aromatic rings. The van der Waals surface area contributed by atoms with Crippen molar-refractivity contribution in [2.24, 2.45) is 0 Å². The van der Waals surface area contributed by atoms with Crippen LogP contribution in [-0.2, 0) is 0 Å². The van der Waals surface area contributed by atoms with Crippen LogP contribution in [0.5, 0.6) is 0 Å². The third-order valence-corrected chi connectivity index (χ3v) is 3.41. The van der Waals surface area contributed by atoms with E-state index in [2.05, 4.69) is 16.8 Å². The van der Waals surface area contributed by atoms with Crippen molar-refractivity contribution in [2.45, 2.75) is 12.5 Å². The van der Waals surface area contributed by atoms with Gasteiger partial charge < -0.3 is 5.32 Å². The molecule has 2 nitrogen and oxygen atoms in total. The van der Waals surface area contributed by atoms with Gasteiger partial charge in [-0.15, -0.1) is 19.0 Å². The minimum Gasteiger partial charge on any atom is -0.314 e. The number of nitrogens with zero attached hydrogens (tertiary/aromatic N) is 1. The number of piperazine rings is 1. The highest BCUT2D eigenvalue weighted by Gasteiger charge is 2.26. The van der Waals surface area contributed by atoms with Crippen LogP contribution in [0.3, 0.4) is 0 Å². The fourth-order valence-corrected chi connectivity index (χ4v) is 2.42. The predicted octanol–water partition coefficient (Wildman–Crippen LogP) is 3.05. The second-order valence-corrected chi connectivity index (χ2v) is 4.59. The molecule has 0 radical (unpaired) electrons. The summed E-state index contributed by atoms with van der Waals surface area (Å²) in [6.07, 6.45) is 2.18. The van der Waals surface area contributed by atoms with E-state index in [1.807, 2.05) is 0 Å². The lowest BCUT2D eigenvalue weighted by molar-refractivity contribution is 0.170. The lowest BCUT2D eigenvalue weighted by Gasteiger charge is -2.35. The summed E-state index contributed by atoms with van der Waals surface area (Å²) < 4.78 is 40.2. The number of rotatable bonds is 4. The van der Waals surface area contributed by atoms with E-state index in [4.69, 9.17) is 0 Å². The van der Waals surface area contributed by atoms with Gasteiger partial charge in [-0.2, -0.15) is 0 Å². The summed E-state index contributed by atoms with van der Waals surface area (Å²) in [5.41, 5.74) is 0.195. The van der Waals surface area contributed by atoms with Crippen LogP contribution in [-0.4, -0.2) is 31.1 Å². The Balaban J connectivity index is 0.00000200. The lowest BCUT2D eigenvalue weighted by Crippen LogP contribution is -2.45. The molecule has 2 rings (SSSR count). The first-order valence-corrected chi connectivity index (χ1v) is 6.34. The molecule has 0 saturated carbocycles. The van der Waals surface area contributed by atoms with Gasteiger partial charge in [-0.05, 0) is 12.5 Å². The lowest BCUT2D eigenvalue weighted by atomic mass is 10.00. The number of halogens is 4. The SMILES string of the molecule is C=CC[C@@H](c1ccc(F)c(F)c1F)N1CCNCC1.Cl. The van der Waals surface area contributed by atoms with E-state index < -0.39 is 17.5 Å². The highest BCUT2D eigenvalue weighted by Crippen LogP contribution is 2.29. The molecule has 0 aromatic heterocycles. The van der Waals surface area contributed by atoms with Gasteiger partial charge in [0.2, 0.25) is 0 Å². The van der Waals surface area contributed by atoms with Gasteiger partial charge in [0.25, 0.3) is 0 Å². The molecule has 6 heteroatoms. The van der Waals surface area contributed by atoms with Gasteiger partial charge in [-0.25, -0.2) is 13.2 Å². The molecule has 1 N–H and O–H groups in total. The molecule has 1 saturated heterocycles. The Morgan fingerprint density at radius 2 is 1.85 bits per heavy atom.